The highest BCUT2D eigenvalue weighted by molar-refractivity contribution is 6.30. The van der Waals surface area contributed by atoms with Crippen molar-refractivity contribution in [3.05, 3.63) is 52.9 Å². The Balaban J connectivity index is 1.81. The average Bonchev–Trinajstić information content (AvgIpc) is 2.66. The second kappa shape index (κ2) is 9.28. The second-order valence-electron chi connectivity index (χ2n) is 6.44. The summed E-state index contributed by atoms with van der Waals surface area (Å²) < 4.78 is 5.48. The van der Waals surface area contributed by atoms with E-state index in [1.165, 1.54) is 5.56 Å². The Labute approximate surface area is 159 Å². The summed E-state index contributed by atoms with van der Waals surface area (Å²) in [4.78, 5) is 11.4. The van der Waals surface area contributed by atoms with Crippen molar-refractivity contribution >= 4 is 17.4 Å². The molecular weight excluding hydrogens is 352 g/mol. The second-order valence-corrected chi connectivity index (χ2v) is 6.80. The summed E-state index contributed by atoms with van der Waals surface area (Å²) in [7, 11) is 0. The van der Waals surface area contributed by atoms with Crippen molar-refractivity contribution in [2.45, 2.75) is 25.4 Å². The van der Waals surface area contributed by atoms with Gasteiger partial charge in [-0.3, -0.25) is 4.98 Å². The molecule has 1 saturated heterocycles. The SMILES string of the molecule is C[C@@H]1COCCN1c1cnc(C(Cc2ccccc2)NCCO)c(Cl)n1. The Morgan fingerprint density at radius 3 is 2.88 bits per heavy atom. The van der Waals surface area contributed by atoms with Crippen molar-refractivity contribution in [3.8, 4) is 0 Å². The van der Waals surface area contributed by atoms with E-state index in [2.05, 4.69) is 39.2 Å². The fourth-order valence-corrected chi connectivity index (χ4v) is 3.43. The van der Waals surface area contributed by atoms with E-state index in [9.17, 15) is 5.11 Å². The maximum absolute atomic E-state index is 9.19. The van der Waals surface area contributed by atoms with Gasteiger partial charge in [-0.2, -0.15) is 0 Å². The minimum Gasteiger partial charge on any atom is -0.395 e. The highest BCUT2D eigenvalue weighted by atomic mass is 35.5. The van der Waals surface area contributed by atoms with Gasteiger partial charge in [-0.15, -0.1) is 0 Å². The predicted molar refractivity (Wildman–Crippen MR) is 103 cm³/mol. The third-order valence-corrected chi connectivity index (χ3v) is 4.80. The zero-order valence-corrected chi connectivity index (χ0v) is 15.7. The minimum absolute atomic E-state index is 0.0553. The van der Waals surface area contributed by atoms with E-state index in [0.29, 0.717) is 30.6 Å². The zero-order valence-electron chi connectivity index (χ0n) is 14.9. The van der Waals surface area contributed by atoms with E-state index >= 15 is 0 Å². The van der Waals surface area contributed by atoms with E-state index in [1.807, 2.05) is 18.2 Å². The minimum atomic E-state index is -0.110. The Hall–Kier alpha value is -1.73. The summed E-state index contributed by atoms with van der Waals surface area (Å²) in [5.41, 5.74) is 1.88. The van der Waals surface area contributed by atoms with Gasteiger partial charge in [0, 0.05) is 13.1 Å². The number of hydrogen-bond acceptors (Lipinski definition) is 6. The van der Waals surface area contributed by atoms with Crippen LogP contribution >= 0.6 is 11.6 Å². The number of nitrogens with zero attached hydrogens (tertiary/aromatic N) is 3. The van der Waals surface area contributed by atoms with Gasteiger partial charge in [0.1, 0.15) is 5.82 Å². The lowest BCUT2D eigenvalue weighted by atomic mass is 10.0. The first-order valence-electron chi connectivity index (χ1n) is 8.94. The quantitative estimate of drug-likeness (QED) is 0.772. The number of benzene rings is 1. The number of rotatable bonds is 7. The highest BCUT2D eigenvalue weighted by Crippen LogP contribution is 2.26. The first kappa shape index (κ1) is 19.0. The van der Waals surface area contributed by atoms with Crippen LogP contribution in [0.1, 0.15) is 24.2 Å². The lowest BCUT2D eigenvalue weighted by Crippen LogP contribution is -2.44. The number of morpholine rings is 1. The van der Waals surface area contributed by atoms with E-state index in [-0.39, 0.29) is 18.7 Å². The van der Waals surface area contributed by atoms with Gasteiger partial charge in [0.05, 0.1) is 43.8 Å². The summed E-state index contributed by atoms with van der Waals surface area (Å²) in [6.07, 6.45) is 2.50. The van der Waals surface area contributed by atoms with Crippen molar-refractivity contribution in [1.29, 1.82) is 0 Å². The first-order chi connectivity index (χ1) is 12.7. The van der Waals surface area contributed by atoms with E-state index < -0.39 is 0 Å². The number of ether oxygens (including phenoxy) is 1. The molecule has 7 heteroatoms. The number of aliphatic hydroxyl groups is 1. The molecule has 26 heavy (non-hydrogen) atoms. The third-order valence-electron chi connectivity index (χ3n) is 4.52. The molecule has 0 aliphatic carbocycles. The molecular formula is C19H25ClN4O2. The number of aliphatic hydroxyl groups excluding tert-OH is 1. The molecule has 140 valence electrons. The smallest absolute Gasteiger partial charge is 0.154 e. The Bertz CT molecular complexity index is 701. The Kier molecular flexibility index (Phi) is 6.80. The molecule has 1 aromatic heterocycles. The number of nitrogens with one attached hydrogen (secondary N) is 1. The summed E-state index contributed by atoms with van der Waals surface area (Å²) in [6.45, 7) is 4.76. The van der Waals surface area contributed by atoms with Gasteiger partial charge in [-0.05, 0) is 18.9 Å². The number of hydrogen-bond donors (Lipinski definition) is 2. The van der Waals surface area contributed by atoms with Gasteiger partial charge in [-0.1, -0.05) is 41.9 Å². The maximum Gasteiger partial charge on any atom is 0.154 e. The standard InChI is InChI=1S/C19H25ClN4O2/c1-14-13-26-10-8-24(14)17-12-22-18(19(20)23-17)16(21-7-9-25)11-15-5-3-2-4-6-15/h2-6,12,14,16,21,25H,7-11,13H2,1H3/t14-,16?/m1/s1. The Morgan fingerprint density at radius 1 is 1.38 bits per heavy atom. The van der Waals surface area contributed by atoms with Crippen LogP contribution in [-0.4, -0.2) is 54.0 Å². The van der Waals surface area contributed by atoms with Crippen LogP contribution < -0.4 is 10.2 Å². The summed E-state index contributed by atoms with van der Waals surface area (Å²) in [6, 6.07) is 10.3. The van der Waals surface area contributed by atoms with Crippen molar-refractivity contribution < 1.29 is 9.84 Å². The molecule has 1 aliphatic rings. The van der Waals surface area contributed by atoms with Gasteiger partial charge < -0.3 is 20.1 Å². The molecule has 0 radical (unpaired) electrons. The first-order valence-corrected chi connectivity index (χ1v) is 9.32. The van der Waals surface area contributed by atoms with Gasteiger partial charge in [0.25, 0.3) is 0 Å². The number of anilines is 1. The molecule has 0 bridgehead atoms. The van der Waals surface area contributed by atoms with Crippen molar-refractivity contribution in [2.75, 3.05) is 37.8 Å². The molecule has 2 heterocycles. The van der Waals surface area contributed by atoms with Gasteiger partial charge in [0.15, 0.2) is 5.15 Å². The topological polar surface area (TPSA) is 70.5 Å². The number of aromatic nitrogens is 2. The largest absolute Gasteiger partial charge is 0.395 e. The molecule has 1 fully saturated rings. The van der Waals surface area contributed by atoms with Gasteiger partial charge in [-0.25, -0.2) is 4.98 Å². The highest BCUT2D eigenvalue weighted by Gasteiger charge is 2.23. The van der Waals surface area contributed by atoms with Crippen LogP contribution in [0.15, 0.2) is 36.5 Å². The molecule has 0 amide bonds. The summed E-state index contributed by atoms with van der Waals surface area (Å²) in [5.74, 6) is 0.773. The van der Waals surface area contributed by atoms with Gasteiger partial charge in [0.2, 0.25) is 0 Å². The van der Waals surface area contributed by atoms with Crippen LogP contribution in [0.2, 0.25) is 5.15 Å². The molecule has 3 rings (SSSR count). The summed E-state index contributed by atoms with van der Waals surface area (Å²) >= 11 is 6.50. The zero-order chi connectivity index (χ0) is 18.4. The average molecular weight is 377 g/mol. The fourth-order valence-electron chi connectivity index (χ4n) is 3.16. The van der Waals surface area contributed by atoms with Crippen LogP contribution in [0, 0.1) is 0 Å². The van der Waals surface area contributed by atoms with Crippen LogP contribution in [0.3, 0.4) is 0 Å². The number of halogens is 1. The van der Waals surface area contributed by atoms with Crippen molar-refractivity contribution in [3.63, 3.8) is 0 Å². The van der Waals surface area contributed by atoms with E-state index in [4.69, 9.17) is 16.3 Å². The molecule has 2 N–H and O–H groups in total. The molecule has 1 aliphatic heterocycles. The molecule has 1 unspecified atom stereocenters. The van der Waals surface area contributed by atoms with Crippen LogP contribution in [0.4, 0.5) is 5.82 Å². The molecule has 0 saturated carbocycles. The van der Waals surface area contributed by atoms with Gasteiger partial charge >= 0.3 is 0 Å². The van der Waals surface area contributed by atoms with Crippen molar-refractivity contribution in [1.82, 2.24) is 15.3 Å². The molecule has 6 nitrogen and oxygen atoms in total. The molecule has 2 aromatic rings. The monoisotopic (exact) mass is 376 g/mol. The van der Waals surface area contributed by atoms with Crippen LogP contribution in [0.25, 0.3) is 0 Å². The normalized spacial score (nSPS) is 18.7. The molecule has 1 aromatic carbocycles. The fraction of sp³-hybridized carbons (Fsp3) is 0.474. The lowest BCUT2D eigenvalue weighted by molar-refractivity contribution is 0.0985. The van der Waals surface area contributed by atoms with Crippen LogP contribution in [-0.2, 0) is 11.2 Å². The lowest BCUT2D eigenvalue weighted by Gasteiger charge is -2.34. The van der Waals surface area contributed by atoms with Crippen molar-refractivity contribution in [2.24, 2.45) is 0 Å². The van der Waals surface area contributed by atoms with E-state index in [0.717, 1.165) is 18.8 Å². The Morgan fingerprint density at radius 2 is 2.19 bits per heavy atom. The molecule has 0 spiro atoms. The van der Waals surface area contributed by atoms with E-state index in [1.54, 1.807) is 6.20 Å². The maximum atomic E-state index is 9.19. The van der Waals surface area contributed by atoms with Crippen LogP contribution in [0.5, 0.6) is 0 Å². The summed E-state index contributed by atoms with van der Waals surface area (Å²) in [5, 5.41) is 12.9. The molecule has 2 atom stereocenters. The third kappa shape index (κ3) is 4.71. The predicted octanol–water partition coefficient (Wildman–Crippen LogP) is 2.22.